The fourth-order valence-corrected chi connectivity index (χ4v) is 2.35. The number of benzene rings is 1. The van der Waals surface area contributed by atoms with Crippen molar-refractivity contribution >= 4 is 5.71 Å². The molecule has 0 aliphatic carbocycles. The number of hydrogen-bond donors (Lipinski definition) is 0. The molecular weight excluding hydrogens is 317 g/mol. The lowest BCUT2D eigenvalue weighted by Crippen LogP contribution is -2.18. The molecule has 2 aromatic heterocycles. The molecular formula is C15H12FN5O3. The summed E-state index contributed by atoms with van der Waals surface area (Å²) in [6, 6.07) is 6.40. The number of oxime groups is 1. The highest BCUT2D eigenvalue weighted by Gasteiger charge is 2.24. The van der Waals surface area contributed by atoms with Crippen LogP contribution in [-0.2, 0) is 4.84 Å². The molecule has 0 bridgehead atoms. The Hall–Kier alpha value is -3.23. The van der Waals surface area contributed by atoms with Crippen LogP contribution in [0.4, 0.5) is 4.39 Å². The fourth-order valence-electron chi connectivity index (χ4n) is 2.35. The van der Waals surface area contributed by atoms with E-state index in [0.717, 1.165) is 0 Å². The standard InChI is InChI=1S/C15H12FN5O3/c16-12-5-10(1-2-14(12)21-9-17-8-18-21)13-6-11(24-19-13)7-22-15-3-4-23-20-15/h1-5,8-9,11H,6-7H2/t11-/m0/s1. The molecule has 122 valence electrons. The van der Waals surface area contributed by atoms with Crippen LogP contribution in [-0.4, -0.2) is 38.3 Å². The number of hydrogen-bond acceptors (Lipinski definition) is 7. The van der Waals surface area contributed by atoms with Gasteiger partial charge in [-0.05, 0) is 17.3 Å². The van der Waals surface area contributed by atoms with Gasteiger partial charge in [-0.1, -0.05) is 11.2 Å². The van der Waals surface area contributed by atoms with Crippen LogP contribution in [0.1, 0.15) is 12.0 Å². The summed E-state index contributed by atoms with van der Waals surface area (Å²) in [7, 11) is 0. The van der Waals surface area contributed by atoms with Crippen molar-refractivity contribution in [2.24, 2.45) is 5.16 Å². The summed E-state index contributed by atoms with van der Waals surface area (Å²) in [5.41, 5.74) is 1.63. The quantitative estimate of drug-likeness (QED) is 0.711. The van der Waals surface area contributed by atoms with Gasteiger partial charge in [-0.2, -0.15) is 5.10 Å². The third-order valence-electron chi connectivity index (χ3n) is 3.51. The van der Waals surface area contributed by atoms with Crippen LogP contribution in [0.25, 0.3) is 5.69 Å². The highest BCUT2D eigenvalue weighted by molar-refractivity contribution is 6.01. The lowest BCUT2D eigenvalue weighted by atomic mass is 10.0. The number of aromatic nitrogens is 4. The Kier molecular flexibility index (Phi) is 3.66. The van der Waals surface area contributed by atoms with Gasteiger partial charge in [0.15, 0.2) is 6.10 Å². The smallest absolute Gasteiger partial charge is 0.254 e. The van der Waals surface area contributed by atoms with Crippen molar-refractivity contribution in [3.63, 3.8) is 0 Å². The molecule has 0 spiro atoms. The van der Waals surface area contributed by atoms with E-state index in [9.17, 15) is 4.39 Å². The number of nitrogens with zero attached hydrogens (tertiary/aromatic N) is 5. The maximum Gasteiger partial charge on any atom is 0.254 e. The third kappa shape index (κ3) is 2.83. The molecule has 0 radical (unpaired) electrons. The van der Waals surface area contributed by atoms with Crippen LogP contribution in [0.5, 0.6) is 5.88 Å². The topological polar surface area (TPSA) is 87.6 Å². The average Bonchev–Trinajstić information content (AvgIpc) is 3.34. The zero-order valence-corrected chi connectivity index (χ0v) is 12.4. The first-order chi connectivity index (χ1) is 11.8. The molecule has 9 heteroatoms. The van der Waals surface area contributed by atoms with Gasteiger partial charge in [-0.25, -0.2) is 14.1 Å². The molecule has 0 unspecified atom stereocenters. The van der Waals surface area contributed by atoms with Crippen molar-refractivity contribution in [3.05, 3.63) is 54.6 Å². The Morgan fingerprint density at radius 2 is 2.29 bits per heavy atom. The molecule has 0 amide bonds. The lowest BCUT2D eigenvalue weighted by Gasteiger charge is -2.08. The Balaban J connectivity index is 1.42. The maximum absolute atomic E-state index is 14.3. The Morgan fingerprint density at radius 3 is 3.04 bits per heavy atom. The van der Waals surface area contributed by atoms with Crippen LogP contribution in [0.3, 0.4) is 0 Å². The second-order valence-corrected chi connectivity index (χ2v) is 5.12. The van der Waals surface area contributed by atoms with Crippen LogP contribution in [0.2, 0.25) is 0 Å². The van der Waals surface area contributed by atoms with Gasteiger partial charge in [0.25, 0.3) is 5.88 Å². The summed E-state index contributed by atoms with van der Waals surface area (Å²) in [6.07, 6.45) is 4.47. The normalized spacial score (nSPS) is 16.7. The molecule has 24 heavy (non-hydrogen) atoms. The van der Waals surface area contributed by atoms with E-state index in [0.29, 0.717) is 29.3 Å². The SMILES string of the molecule is Fc1cc(C2=NO[C@H](COc3ccon3)C2)ccc1-n1cncn1. The van der Waals surface area contributed by atoms with Crippen molar-refractivity contribution in [1.29, 1.82) is 0 Å². The summed E-state index contributed by atoms with van der Waals surface area (Å²) < 4.78 is 25.7. The van der Waals surface area contributed by atoms with Crippen molar-refractivity contribution in [2.45, 2.75) is 12.5 Å². The number of halogens is 1. The van der Waals surface area contributed by atoms with Gasteiger partial charge < -0.3 is 14.1 Å². The number of rotatable bonds is 5. The van der Waals surface area contributed by atoms with Crippen LogP contribution in [0.15, 0.2) is 52.9 Å². The van der Waals surface area contributed by atoms with E-state index in [-0.39, 0.29) is 12.7 Å². The zero-order chi connectivity index (χ0) is 16.4. The molecule has 1 atom stereocenters. The minimum atomic E-state index is -0.414. The van der Waals surface area contributed by atoms with E-state index in [1.54, 1.807) is 18.2 Å². The lowest BCUT2D eigenvalue weighted by molar-refractivity contribution is 0.0446. The summed E-state index contributed by atoms with van der Waals surface area (Å²) in [6.45, 7) is 0.277. The first-order valence-electron chi connectivity index (χ1n) is 7.20. The Bertz CT molecular complexity index is 848. The van der Waals surface area contributed by atoms with E-state index >= 15 is 0 Å². The highest BCUT2D eigenvalue weighted by atomic mass is 19.1. The first kappa shape index (κ1) is 14.4. The van der Waals surface area contributed by atoms with E-state index < -0.39 is 5.82 Å². The van der Waals surface area contributed by atoms with Crippen molar-refractivity contribution in [1.82, 2.24) is 19.9 Å². The van der Waals surface area contributed by atoms with Crippen molar-refractivity contribution in [3.8, 4) is 11.6 Å². The zero-order valence-electron chi connectivity index (χ0n) is 12.4. The van der Waals surface area contributed by atoms with Gasteiger partial charge in [0.05, 0.1) is 5.71 Å². The van der Waals surface area contributed by atoms with Gasteiger partial charge in [0.2, 0.25) is 0 Å². The van der Waals surface area contributed by atoms with E-state index in [4.69, 9.17) is 9.57 Å². The van der Waals surface area contributed by atoms with Gasteiger partial charge in [0, 0.05) is 18.1 Å². The second-order valence-electron chi connectivity index (χ2n) is 5.12. The third-order valence-corrected chi connectivity index (χ3v) is 3.51. The van der Waals surface area contributed by atoms with E-state index in [1.807, 2.05) is 0 Å². The first-order valence-corrected chi connectivity index (χ1v) is 7.20. The molecule has 1 aliphatic heterocycles. The molecule has 3 heterocycles. The average molecular weight is 329 g/mol. The molecule has 0 N–H and O–H groups in total. The molecule has 0 saturated heterocycles. The van der Waals surface area contributed by atoms with E-state index in [1.165, 1.54) is 29.7 Å². The summed E-state index contributed by atoms with van der Waals surface area (Å²) in [5.74, 6) is -0.0294. The van der Waals surface area contributed by atoms with Crippen LogP contribution < -0.4 is 4.74 Å². The summed E-state index contributed by atoms with van der Waals surface area (Å²) >= 11 is 0. The van der Waals surface area contributed by atoms with Crippen molar-refractivity contribution < 1.29 is 18.5 Å². The summed E-state index contributed by atoms with van der Waals surface area (Å²) in [4.78, 5) is 9.12. The Labute approximate surface area is 135 Å². The van der Waals surface area contributed by atoms with Crippen LogP contribution in [0, 0.1) is 5.82 Å². The summed E-state index contributed by atoms with van der Waals surface area (Å²) in [5, 5.41) is 11.6. The molecule has 0 saturated carbocycles. The molecule has 3 aromatic rings. The minimum absolute atomic E-state index is 0.255. The molecule has 1 aliphatic rings. The second kappa shape index (κ2) is 6.11. The molecule has 4 rings (SSSR count). The minimum Gasteiger partial charge on any atom is -0.471 e. The van der Waals surface area contributed by atoms with E-state index in [2.05, 4.69) is 24.9 Å². The maximum atomic E-state index is 14.3. The largest absolute Gasteiger partial charge is 0.471 e. The molecule has 0 fully saturated rings. The predicted molar refractivity (Wildman–Crippen MR) is 79.3 cm³/mol. The molecule has 8 nitrogen and oxygen atoms in total. The highest BCUT2D eigenvalue weighted by Crippen LogP contribution is 2.21. The molecule has 1 aromatic carbocycles. The van der Waals surface area contributed by atoms with Gasteiger partial charge in [-0.3, -0.25) is 0 Å². The van der Waals surface area contributed by atoms with Crippen LogP contribution >= 0.6 is 0 Å². The van der Waals surface area contributed by atoms with Gasteiger partial charge >= 0.3 is 0 Å². The predicted octanol–water partition coefficient (Wildman–Crippen LogP) is 1.97. The Morgan fingerprint density at radius 1 is 1.33 bits per heavy atom. The fraction of sp³-hybridized carbons (Fsp3) is 0.200. The van der Waals surface area contributed by atoms with Crippen molar-refractivity contribution in [2.75, 3.05) is 6.61 Å². The van der Waals surface area contributed by atoms with Gasteiger partial charge in [-0.15, -0.1) is 0 Å². The van der Waals surface area contributed by atoms with Gasteiger partial charge in [0.1, 0.15) is 37.0 Å². The number of ether oxygens (including phenoxy) is 1. The monoisotopic (exact) mass is 329 g/mol.